The van der Waals surface area contributed by atoms with Crippen LogP contribution in [-0.4, -0.2) is 29.9 Å². The van der Waals surface area contributed by atoms with E-state index in [1.807, 2.05) is 24.3 Å². The molecule has 0 saturated heterocycles. The van der Waals surface area contributed by atoms with E-state index in [0.717, 1.165) is 11.3 Å². The summed E-state index contributed by atoms with van der Waals surface area (Å²) in [4.78, 5) is 4.01. The highest BCUT2D eigenvalue weighted by Crippen LogP contribution is 2.19. The minimum absolute atomic E-state index is 0.250. The molecule has 1 atom stereocenters. The van der Waals surface area contributed by atoms with Crippen molar-refractivity contribution < 1.29 is 9.26 Å². The Morgan fingerprint density at radius 2 is 2.35 bits per heavy atom. The average molecular weight is 233 g/mol. The zero-order chi connectivity index (χ0) is 12.1. The van der Waals surface area contributed by atoms with Crippen molar-refractivity contribution >= 4 is 5.69 Å². The highest BCUT2D eigenvalue weighted by molar-refractivity contribution is 5.61. The summed E-state index contributed by atoms with van der Waals surface area (Å²) in [6.45, 7) is 2.72. The Kier molecular flexibility index (Phi) is 3.72. The molecule has 1 unspecified atom stereocenters. The van der Waals surface area contributed by atoms with Crippen LogP contribution in [0.25, 0.3) is 11.4 Å². The fraction of sp³-hybridized carbons (Fsp3) is 0.333. The van der Waals surface area contributed by atoms with Gasteiger partial charge in [-0.05, 0) is 19.1 Å². The second kappa shape index (κ2) is 5.45. The van der Waals surface area contributed by atoms with Gasteiger partial charge in [0.05, 0.1) is 6.61 Å². The molecule has 5 heteroatoms. The van der Waals surface area contributed by atoms with E-state index in [1.54, 1.807) is 7.11 Å². The SMILES string of the molecule is COCC(C)Nc1cccc(-c2ncon2)c1. The number of hydrogen-bond donors (Lipinski definition) is 1. The zero-order valence-electron chi connectivity index (χ0n) is 9.88. The summed E-state index contributed by atoms with van der Waals surface area (Å²) >= 11 is 0. The highest BCUT2D eigenvalue weighted by Gasteiger charge is 2.05. The number of methoxy groups -OCH3 is 1. The minimum atomic E-state index is 0.250. The molecule has 90 valence electrons. The molecule has 2 rings (SSSR count). The predicted molar refractivity (Wildman–Crippen MR) is 64.7 cm³/mol. The topological polar surface area (TPSA) is 60.2 Å². The van der Waals surface area contributed by atoms with Crippen molar-refractivity contribution in [2.24, 2.45) is 0 Å². The number of benzene rings is 1. The van der Waals surface area contributed by atoms with E-state index >= 15 is 0 Å². The van der Waals surface area contributed by atoms with Crippen molar-refractivity contribution in [2.45, 2.75) is 13.0 Å². The van der Waals surface area contributed by atoms with Crippen LogP contribution in [0.15, 0.2) is 35.2 Å². The van der Waals surface area contributed by atoms with Crippen LogP contribution in [-0.2, 0) is 4.74 Å². The lowest BCUT2D eigenvalue weighted by Gasteiger charge is -2.14. The molecule has 1 aromatic heterocycles. The van der Waals surface area contributed by atoms with Crippen LogP contribution < -0.4 is 5.32 Å². The number of hydrogen-bond acceptors (Lipinski definition) is 5. The van der Waals surface area contributed by atoms with Crippen LogP contribution in [0.1, 0.15) is 6.92 Å². The number of rotatable bonds is 5. The van der Waals surface area contributed by atoms with E-state index < -0.39 is 0 Å². The lowest BCUT2D eigenvalue weighted by molar-refractivity contribution is 0.190. The van der Waals surface area contributed by atoms with Gasteiger partial charge in [0.1, 0.15) is 0 Å². The largest absolute Gasteiger partial charge is 0.383 e. The lowest BCUT2D eigenvalue weighted by Crippen LogP contribution is -2.20. The summed E-state index contributed by atoms with van der Waals surface area (Å²) in [6.07, 6.45) is 1.32. The molecule has 0 radical (unpaired) electrons. The molecule has 17 heavy (non-hydrogen) atoms. The Labute approximate surface area is 99.8 Å². The fourth-order valence-electron chi connectivity index (χ4n) is 1.62. The fourth-order valence-corrected chi connectivity index (χ4v) is 1.62. The molecule has 0 spiro atoms. The standard InChI is InChI=1S/C12H15N3O2/c1-9(7-16-2)14-11-5-3-4-10(6-11)12-13-8-17-15-12/h3-6,8-9,14H,7H2,1-2H3. The van der Waals surface area contributed by atoms with E-state index in [-0.39, 0.29) is 6.04 Å². The van der Waals surface area contributed by atoms with Crippen LogP contribution in [0.3, 0.4) is 0 Å². The van der Waals surface area contributed by atoms with Gasteiger partial charge in [0.25, 0.3) is 0 Å². The van der Waals surface area contributed by atoms with Gasteiger partial charge in [-0.3, -0.25) is 0 Å². The molecule has 0 saturated carbocycles. The number of ether oxygens (including phenoxy) is 1. The van der Waals surface area contributed by atoms with Gasteiger partial charge >= 0.3 is 0 Å². The lowest BCUT2D eigenvalue weighted by atomic mass is 10.2. The third kappa shape index (κ3) is 3.04. The first-order valence-corrected chi connectivity index (χ1v) is 5.42. The number of nitrogens with one attached hydrogen (secondary N) is 1. The van der Waals surface area contributed by atoms with Gasteiger partial charge < -0.3 is 14.6 Å². The second-order valence-corrected chi connectivity index (χ2v) is 3.84. The van der Waals surface area contributed by atoms with Crippen molar-refractivity contribution in [2.75, 3.05) is 19.0 Å². The molecule has 0 aliphatic rings. The van der Waals surface area contributed by atoms with E-state index in [4.69, 9.17) is 9.26 Å². The molecular weight excluding hydrogens is 218 g/mol. The van der Waals surface area contributed by atoms with Crippen LogP contribution >= 0.6 is 0 Å². The molecule has 2 aromatic rings. The van der Waals surface area contributed by atoms with Gasteiger partial charge in [0, 0.05) is 24.4 Å². The van der Waals surface area contributed by atoms with Gasteiger partial charge in [-0.15, -0.1) is 0 Å². The summed E-state index contributed by atoms with van der Waals surface area (Å²) in [5.41, 5.74) is 1.94. The van der Waals surface area contributed by atoms with Crippen molar-refractivity contribution in [3.63, 3.8) is 0 Å². The van der Waals surface area contributed by atoms with E-state index in [1.165, 1.54) is 6.39 Å². The smallest absolute Gasteiger partial charge is 0.214 e. The number of aromatic nitrogens is 2. The van der Waals surface area contributed by atoms with Crippen molar-refractivity contribution in [1.29, 1.82) is 0 Å². The Morgan fingerprint density at radius 3 is 3.06 bits per heavy atom. The van der Waals surface area contributed by atoms with Crippen LogP contribution in [0, 0.1) is 0 Å². The minimum Gasteiger partial charge on any atom is -0.383 e. The predicted octanol–water partition coefficient (Wildman–Crippen LogP) is 2.18. The van der Waals surface area contributed by atoms with Gasteiger partial charge in [0.2, 0.25) is 12.2 Å². The normalized spacial score (nSPS) is 12.4. The molecule has 1 N–H and O–H groups in total. The van der Waals surface area contributed by atoms with E-state index in [2.05, 4.69) is 22.4 Å². The van der Waals surface area contributed by atoms with Gasteiger partial charge in [-0.1, -0.05) is 17.3 Å². The molecule has 1 aromatic carbocycles. The monoisotopic (exact) mass is 233 g/mol. The summed E-state index contributed by atoms with van der Waals surface area (Å²) in [7, 11) is 1.69. The quantitative estimate of drug-likeness (QED) is 0.857. The van der Waals surface area contributed by atoms with Crippen molar-refractivity contribution in [3.05, 3.63) is 30.7 Å². The van der Waals surface area contributed by atoms with Gasteiger partial charge in [0.15, 0.2) is 0 Å². The summed E-state index contributed by atoms with van der Waals surface area (Å²) < 4.78 is 9.80. The summed E-state index contributed by atoms with van der Waals surface area (Å²) in [5.74, 6) is 0.591. The summed E-state index contributed by atoms with van der Waals surface area (Å²) in [5, 5.41) is 7.14. The highest BCUT2D eigenvalue weighted by atomic mass is 16.5. The molecule has 0 bridgehead atoms. The van der Waals surface area contributed by atoms with Crippen molar-refractivity contribution in [1.82, 2.24) is 10.1 Å². The molecule has 0 fully saturated rings. The molecule has 0 aliphatic heterocycles. The Hall–Kier alpha value is -1.88. The van der Waals surface area contributed by atoms with Crippen LogP contribution in [0.5, 0.6) is 0 Å². The third-order valence-corrected chi connectivity index (χ3v) is 2.31. The Balaban J connectivity index is 2.12. The van der Waals surface area contributed by atoms with Crippen LogP contribution in [0.4, 0.5) is 5.69 Å². The maximum Gasteiger partial charge on any atom is 0.214 e. The third-order valence-electron chi connectivity index (χ3n) is 2.31. The molecular formula is C12H15N3O2. The number of anilines is 1. The molecule has 1 heterocycles. The van der Waals surface area contributed by atoms with Gasteiger partial charge in [-0.25, -0.2) is 0 Å². The van der Waals surface area contributed by atoms with E-state index in [9.17, 15) is 0 Å². The maximum atomic E-state index is 5.08. The van der Waals surface area contributed by atoms with E-state index in [0.29, 0.717) is 12.4 Å². The molecule has 5 nitrogen and oxygen atoms in total. The Morgan fingerprint density at radius 1 is 1.47 bits per heavy atom. The first kappa shape index (κ1) is 11.6. The Bertz CT molecular complexity index is 457. The van der Waals surface area contributed by atoms with Crippen molar-refractivity contribution in [3.8, 4) is 11.4 Å². The number of nitrogens with zero attached hydrogens (tertiary/aromatic N) is 2. The van der Waals surface area contributed by atoms with Gasteiger partial charge in [-0.2, -0.15) is 4.98 Å². The second-order valence-electron chi connectivity index (χ2n) is 3.84. The molecule has 0 aliphatic carbocycles. The maximum absolute atomic E-state index is 5.08. The average Bonchev–Trinajstić information content (AvgIpc) is 2.83. The molecule has 0 amide bonds. The zero-order valence-corrected chi connectivity index (χ0v) is 9.88. The first-order chi connectivity index (χ1) is 8.29. The van der Waals surface area contributed by atoms with Crippen LogP contribution in [0.2, 0.25) is 0 Å². The first-order valence-electron chi connectivity index (χ1n) is 5.42. The summed E-state index contributed by atoms with van der Waals surface area (Å²) in [6, 6.07) is 8.12.